The van der Waals surface area contributed by atoms with E-state index in [2.05, 4.69) is 15.9 Å². The van der Waals surface area contributed by atoms with Crippen LogP contribution in [-0.4, -0.2) is 16.3 Å². The van der Waals surface area contributed by atoms with Crippen LogP contribution >= 0.6 is 27.7 Å². The minimum atomic E-state index is -0.822. The number of hydrogen-bond acceptors (Lipinski definition) is 2. The van der Waals surface area contributed by atoms with Crippen molar-refractivity contribution in [3.8, 4) is 0 Å². The molecule has 3 rings (SSSR count). The lowest BCUT2D eigenvalue weighted by Crippen LogP contribution is -2.44. The van der Waals surface area contributed by atoms with Gasteiger partial charge in [-0.2, -0.15) is 0 Å². The predicted molar refractivity (Wildman–Crippen MR) is 85.5 cm³/mol. The Kier molecular flexibility index (Phi) is 4.14. The quantitative estimate of drug-likeness (QED) is 0.794. The molecule has 0 aromatic heterocycles. The number of benzene rings is 1. The van der Waals surface area contributed by atoms with E-state index in [-0.39, 0.29) is 0 Å². The molecule has 2 fully saturated rings. The van der Waals surface area contributed by atoms with E-state index < -0.39 is 5.97 Å². The van der Waals surface area contributed by atoms with E-state index >= 15 is 0 Å². The molecule has 0 saturated heterocycles. The van der Waals surface area contributed by atoms with Gasteiger partial charge in [-0.15, -0.1) is 11.8 Å². The van der Waals surface area contributed by atoms with Crippen LogP contribution in [0.2, 0.25) is 0 Å². The van der Waals surface area contributed by atoms with Crippen LogP contribution in [0.4, 0.5) is 0 Å². The molecule has 108 valence electrons. The van der Waals surface area contributed by atoms with E-state index in [1.807, 2.05) is 12.1 Å². The lowest BCUT2D eigenvalue weighted by Gasteiger charge is -2.52. The summed E-state index contributed by atoms with van der Waals surface area (Å²) in [6.45, 7) is 0. The average Bonchev–Trinajstić information content (AvgIpc) is 2.44. The van der Waals surface area contributed by atoms with Crippen molar-refractivity contribution < 1.29 is 9.90 Å². The molecule has 1 atom stereocenters. The summed E-state index contributed by atoms with van der Waals surface area (Å²) in [5, 5.41) is 9.94. The second-order valence-electron chi connectivity index (χ2n) is 6.01. The van der Waals surface area contributed by atoms with Gasteiger partial charge >= 0.3 is 5.97 Å². The summed E-state index contributed by atoms with van der Waals surface area (Å²) in [7, 11) is 0. The summed E-state index contributed by atoms with van der Waals surface area (Å²) in [6, 6.07) is 5.48. The maximum atomic E-state index is 11.4. The van der Waals surface area contributed by atoms with Crippen molar-refractivity contribution in [1.29, 1.82) is 0 Å². The number of rotatable bonds is 3. The van der Waals surface area contributed by atoms with Crippen molar-refractivity contribution in [1.82, 2.24) is 0 Å². The van der Waals surface area contributed by atoms with Crippen LogP contribution in [0.3, 0.4) is 0 Å². The molecule has 0 heterocycles. The first-order valence-electron chi connectivity index (χ1n) is 7.30. The van der Waals surface area contributed by atoms with E-state index in [9.17, 15) is 9.90 Å². The molecular weight excluding hydrogens is 336 g/mol. The van der Waals surface area contributed by atoms with Gasteiger partial charge in [-0.05, 0) is 49.3 Å². The molecule has 0 amide bonds. The van der Waals surface area contributed by atoms with Gasteiger partial charge in [-0.3, -0.25) is 0 Å². The number of thioether (sulfide) groups is 1. The fourth-order valence-corrected chi connectivity index (χ4v) is 5.74. The van der Waals surface area contributed by atoms with Gasteiger partial charge < -0.3 is 5.11 Å². The van der Waals surface area contributed by atoms with Gasteiger partial charge in [0, 0.05) is 14.6 Å². The number of hydrogen-bond donors (Lipinski definition) is 1. The van der Waals surface area contributed by atoms with Gasteiger partial charge in [-0.1, -0.05) is 35.2 Å². The van der Waals surface area contributed by atoms with E-state index in [0.29, 0.717) is 16.2 Å². The van der Waals surface area contributed by atoms with Crippen molar-refractivity contribution in [2.75, 3.05) is 0 Å². The monoisotopic (exact) mass is 354 g/mol. The van der Waals surface area contributed by atoms with Gasteiger partial charge in [0.15, 0.2) is 0 Å². The molecule has 2 aliphatic rings. The van der Waals surface area contributed by atoms with E-state index in [0.717, 1.165) is 9.37 Å². The molecule has 1 unspecified atom stereocenters. The van der Waals surface area contributed by atoms with Gasteiger partial charge in [0.05, 0.1) is 5.56 Å². The normalized spacial score (nSPS) is 24.4. The van der Waals surface area contributed by atoms with Gasteiger partial charge in [0.2, 0.25) is 0 Å². The Balaban J connectivity index is 1.81. The second-order valence-corrected chi connectivity index (χ2v) is 8.17. The third-order valence-corrected chi connectivity index (χ3v) is 6.99. The highest BCUT2D eigenvalue weighted by atomic mass is 79.9. The molecule has 20 heavy (non-hydrogen) atoms. The zero-order valence-electron chi connectivity index (χ0n) is 11.4. The summed E-state index contributed by atoms with van der Waals surface area (Å²) in [5.74, 6) is -0.822. The van der Waals surface area contributed by atoms with Crippen LogP contribution in [0.1, 0.15) is 55.3 Å². The van der Waals surface area contributed by atoms with Crippen molar-refractivity contribution in [2.45, 2.75) is 55.1 Å². The lowest BCUT2D eigenvalue weighted by atomic mass is 9.60. The number of carboxylic acid groups (broad SMARTS) is 1. The lowest BCUT2D eigenvalue weighted by molar-refractivity contribution is 0.0692. The van der Waals surface area contributed by atoms with Crippen molar-refractivity contribution >= 4 is 33.7 Å². The smallest absolute Gasteiger partial charge is 0.336 e. The molecular formula is C16H19BrO2S. The van der Waals surface area contributed by atoms with Crippen LogP contribution in [0, 0.1) is 5.41 Å². The first-order chi connectivity index (χ1) is 9.61. The zero-order chi connectivity index (χ0) is 14.2. The molecule has 1 N–H and O–H groups in total. The molecule has 2 saturated carbocycles. The van der Waals surface area contributed by atoms with Crippen molar-refractivity contribution in [3.05, 3.63) is 28.2 Å². The van der Waals surface area contributed by atoms with Crippen molar-refractivity contribution in [2.24, 2.45) is 5.41 Å². The van der Waals surface area contributed by atoms with Crippen molar-refractivity contribution in [3.63, 3.8) is 0 Å². The zero-order valence-corrected chi connectivity index (χ0v) is 13.8. The Hall–Kier alpha value is -0.480. The fourth-order valence-electron chi connectivity index (χ4n) is 3.61. The molecule has 0 aliphatic heterocycles. The largest absolute Gasteiger partial charge is 0.478 e. The van der Waals surface area contributed by atoms with Crippen LogP contribution in [0.15, 0.2) is 27.6 Å². The van der Waals surface area contributed by atoms with Crippen LogP contribution in [0.25, 0.3) is 0 Å². The summed E-state index contributed by atoms with van der Waals surface area (Å²) >= 11 is 5.25. The molecule has 0 bridgehead atoms. The Bertz CT molecular complexity index is 523. The first-order valence-corrected chi connectivity index (χ1v) is 8.97. The third kappa shape index (κ3) is 2.64. The maximum Gasteiger partial charge on any atom is 0.336 e. The van der Waals surface area contributed by atoms with Crippen LogP contribution in [-0.2, 0) is 0 Å². The fraction of sp³-hybridized carbons (Fsp3) is 0.562. The van der Waals surface area contributed by atoms with Crippen LogP contribution in [0.5, 0.6) is 0 Å². The molecule has 4 heteroatoms. The standard InChI is InChI=1S/C16H19BrO2S/c17-11-4-5-12(15(18)19)13(10-11)20-14-6-9-16(14)7-2-1-3-8-16/h4-5,10,14H,1-3,6-9H2,(H,18,19). The highest BCUT2D eigenvalue weighted by Crippen LogP contribution is 2.58. The Morgan fingerprint density at radius 1 is 1.25 bits per heavy atom. The summed E-state index contributed by atoms with van der Waals surface area (Å²) in [6.07, 6.45) is 9.30. The number of halogens is 1. The molecule has 1 aromatic rings. The first kappa shape index (κ1) is 14.5. The van der Waals surface area contributed by atoms with Gasteiger partial charge in [-0.25, -0.2) is 4.79 Å². The highest BCUT2D eigenvalue weighted by molar-refractivity contribution is 9.10. The van der Waals surface area contributed by atoms with E-state index in [1.54, 1.807) is 17.8 Å². The van der Waals surface area contributed by atoms with Crippen LogP contribution < -0.4 is 0 Å². The Labute approximate surface area is 132 Å². The summed E-state index contributed by atoms with van der Waals surface area (Å²) in [4.78, 5) is 12.3. The van der Waals surface area contributed by atoms with Gasteiger partial charge in [0.1, 0.15) is 0 Å². The minimum Gasteiger partial charge on any atom is -0.478 e. The topological polar surface area (TPSA) is 37.3 Å². The Morgan fingerprint density at radius 2 is 2.00 bits per heavy atom. The summed E-state index contributed by atoms with van der Waals surface area (Å²) in [5.41, 5.74) is 0.942. The maximum absolute atomic E-state index is 11.4. The Morgan fingerprint density at radius 3 is 2.60 bits per heavy atom. The predicted octanol–water partition coefficient (Wildman–Crippen LogP) is 5.35. The number of carbonyl (C=O) groups is 1. The molecule has 1 aromatic carbocycles. The molecule has 2 nitrogen and oxygen atoms in total. The van der Waals surface area contributed by atoms with E-state index in [1.165, 1.54) is 44.9 Å². The third-order valence-electron chi connectivity index (χ3n) is 4.88. The number of carboxylic acids is 1. The number of aromatic carboxylic acids is 1. The second kappa shape index (κ2) is 5.72. The SMILES string of the molecule is O=C(O)c1ccc(Br)cc1SC1CCC12CCCCC2. The minimum absolute atomic E-state index is 0.441. The summed E-state index contributed by atoms with van der Waals surface area (Å²) < 4.78 is 0.960. The van der Waals surface area contributed by atoms with Gasteiger partial charge in [0.25, 0.3) is 0 Å². The molecule has 2 aliphatic carbocycles. The average molecular weight is 355 g/mol. The molecule has 1 spiro atoms. The highest BCUT2D eigenvalue weighted by Gasteiger charge is 2.47. The molecule has 0 radical (unpaired) electrons. The van der Waals surface area contributed by atoms with E-state index in [4.69, 9.17) is 0 Å².